The molecule has 2 aromatic rings. The molecule has 1 N–H and O–H groups in total. The van der Waals surface area contributed by atoms with E-state index in [-0.39, 0.29) is 16.4 Å². The van der Waals surface area contributed by atoms with Crippen LogP contribution >= 0.6 is 11.6 Å². The minimum atomic E-state index is -0.544. The van der Waals surface area contributed by atoms with Crippen molar-refractivity contribution in [2.45, 2.75) is 13.8 Å². The largest absolute Gasteiger partial charge is 0.319 e. The summed E-state index contributed by atoms with van der Waals surface area (Å²) in [5, 5.41) is 13.6. The molecule has 108 valence electrons. The number of nitrogens with one attached hydrogen (secondary N) is 1. The van der Waals surface area contributed by atoms with E-state index in [1.165, 1.54) is 18.2 Å². The summed E-state index contributed by atoms with van der Waals surface area (Å²) in [7, 11) is 0. The van der Waals surface area contributed by atoms with Crippen molar-refractivity contribution >= 4 is 28.9 Å². The lowest BCUT2D eigenvalue weighted by Crippen LogP contribution is -2.14. The zero-order valence-corrected chi connectivity index (χ0v) is 12.1. The Morgan fingerprint density at radius 1 is 1.33 bits per heavy atom. The molecule has 0 unspecified atom stereocenters. The molecule has 2 rings (SSSR count). The summed E-state index contributed by atoms with van der Waals surface area (Å²) in [6.07, 6.45) is 1.58. The van der Waals surface area contributed by atoms with E-state index in [4.69, 9.17) is 11.6 Å². The van der Waals surface area contributed by atoms with E-state index in [0.29, 0.717) is 11.3 Å². The predicted octanol–water partition coefficient (Wildman–Crippen LogP) is 3.51. The van der Waals surface area contributed by atoms with E-state index >= 15 is 0 Å². The number of hydrogen-bond acceptors (Lipinski definition) is 4. The molecule has 1 aromatic heterocycles. The van der Waals surface area contributed by atoms with Gasteiger partial charge in [0.05, 0.1) is 10.6 Å². The summed E-state index contributed by atoms with van der Waals surface area (Å²) in [6.45, 7) is 3.52. The number of rotatable bonds is 3. The maximum atomic E-state index is 12.3. The molecule has 7 heteroatoms. The van der Waals surface area contributed by atoms with Crippen molar-refractivity contribution in [3.05, 3.63) is 62.4 Å². The van der Waals surface area contributed by atoms with Crippen LogP contribution in [-0.2, 0) is 0 Å². The third-order valence-electron chi connectivity index (χ3n) is 2.90. The zero-order valence-electron chi connectivity index (χ0n) is 11.4. The molecule has 0 spiro atoms. The van der Waals surface area contributed by atoms with Gasteiger partial charge < -0.3 is 5.32 Å². The summed E-state index contributed by atoms with van der Waals surface area (Å²) >= 11 is 5.92. The minimum Gasteiger partial charge on any atom is -0.319 e. The van der Waals surface area contributed by atoms with Crippen LogP contribution in [0.5, 0.6) is 0 Å². The lowest BCUT2D eigenvalue weighted by molar-refractivity contribution is -0.384. The smallest absolute Gasteiger partial charge is 0.270 e. The topological polar surface area (TPSA) is 85.1 Å². The number of halogens is 1. The molecule has 1 heterocycles. The summed E-state index contributed by atoms with van der Waals surface area (Å²) in [5.41, 5.74) is 1.92. The standard InChI is InChI=1S/C14H12ClN3O3/c1-8-5-12(13(15)16-7-8)17-14(19)11-6-10(18(20)21)4-3-9(11)2/h3-7H,1-2H3,(H,17,19). The highest BCUT2D eigenvalue weighted by Crippen LogP contribution is 2.23. The summed E-state index contributed by atoms with van der Waals surface area (Å²) in [6, 6.07) is 5.80. The number of nitrogens with zero attached hydrogens (tertiary/aromatic N) is 2. The Labute approximate surface area is 125 Å². The Kier molecular flexibility index (Phi) is 4.18. The molecule has 0 saturated heterocycles. The number of nitro groups is 1. The van der Waals surface area contributed by atoms with Crippen molar-refractivity contribution in [2.24, 2.45) is 0 Å². The van der Waals surface area contributed by atoms with E-state index in [1.54, 1.807) is 19.2 Å². The van der Waals surface area contributed by atoms with Gasteiger partial charge in [-0.3, -0.25) is 14.9 Å². The number of carbonyl (C=O) groups excluding carboxylic acids is 1. The summed E-state index contributed by atoms with van der Waals surface area (Å²) in [4.78, 5) is 26.4. The van der Waals surface area contributed by atoms with Crippen molar-refractivity contribution in [3.63, 3.8) is 0 Å². The van der Waals surface area contributed by atoms with Gasteiger partial charge in [0.25, 0.3) is 11.6 Å². The van der Waals surface area contributed by atoms with Crippen molar-refractivity contribution in [1.82, 2.24) is 4.98 Å². The molecule has 0 fully saturated rings. The maximum Gasteiger partial charge on any atom is 0.270 e. The fourth-order valence-electron chi connectivity index (χ4n) is 1.80. The molecular formula is C14H12ClN3O3. The van der Waals surface area contributed by atoms with Gasteiger partial charge in [-0.1, -0.05) is 17.7 Å². The Balaban J connectivity index is 2.34. The first-order valence-electron chi connectivity index (χ1n) is 6.07. The van der Waals surface area contributed by atoms with E-state index in [0.717, 1.165) is 5.56 Å². The third-order valence-corrected chi connectivity index (χ3v) is 3.20. The van der Waals surface area contributed by atoms with Crippen molar-refractivity contribution < 1.29 is 9.72 Å². The zero-order chi connectivity index (χ0) is 15.6. The van der Waals surface area contributed by atoms with Gasteiger partial charge in [-0.25, -0.2) is 4.98 Å². The number of anilines is 1. The summed E-state index contributed by atoms with van der Waals surface area (Å²) in [5.74, 6) is -0.467. The normalized spacial score (nSPS) is 10.2. The van der Waals surface area contributed by atoms with Gasteiger partial charge in [0.2, 0.25) is 0 Å². The van der Waals surface area contributed by atoms with Gasteiger partial charge in [0.1, 0.15) is 0 Å². The van der Waals surface area contributed by atoms with Gasteiger partial charge in [0.15, 0.2) is 5.15 Å². The molecule has 0 aliphatic carbocycles. The fourth-order valence-corrected chi connectivity index (χ4v) is 1.95. The van der Waals surface area contributed by atoms with Crippen LogP contribution < -0.4 is 5.32 Å². The van der Waals surface area contributed by atoms with Crippen molar-refractivity contribution in [1.29, 1.82) is 0 Å². The quantitative estimate of drug-likeness (QED) is 0.534. The SMILES string of the molecule is Cc1cnc(Cl)c(NC(=O)c2cc([N+](=O)[O-])ccc2C)c1. The van der Waals surface area contributed by atoms with Crippen LogP contribution in [0.4, 0.5) is 11.4 Å². The molecule has 1 amide bonds. The number of carbonyl (C=O) groups is 1. The first kappa shape index (κ1) is 14.9. The lowest BCUT2D eigenvalue weighted by Gasteiger charge is -2.09. The van der Waals surface area contributed by atoms with E-state index < -0.39 is 10.8 Å². The first-order chi connectivity index (χ1) is 9.88. The molecule has 0 aliphatic rings. The van der Waals surface area contributed by atoms with Crippen molar-refractivity contribution in [2.75, 3.05) is 5.32 Å². The monoisotopic (exact) mass is 305 g/mol. The Hall–Kier alpha value is -2.47. The van der Waals surface area contributed by atoms with E-state index in [9.17, 15) is 14.9 Å². The van der Waals surface area contributed by atoms with Gasteiger partial charge >= 0.3 is 0 Å². The maximum absolute atomic E-state index is 12.3. The average Bonchev–Trinajstić information content (AvgIpc) is 2.43. The Morgan fingerprint density at radius 2 is 2.05 bits per heavy atom. The molecule has 1 aromatic carbocycles. The number of pyridine rings is 1. The molecule has 21 heavy (non-hydrogen) atoms. The fraction of sp³-hybridized carbons (Fsp3) is 0.143. The van der Waals surface area contributed by atoms with Crippen LogP contribution in [0.15, 0.2) is 30.5 Å². The van der Waals surface area contributed by atoms with Gasteiger partial charge in [-0.05, 0) is 31.0 Å². The second kappa shape index (κ2) is 5.88. The Bertz CT molecular complexity index is 731. The number of aryl methyl sites for hydroxylation is 2. The van der Waals surface area contributed by atoms with Crippen LogP contribution in [0, 0.1) is 24.0 Å². The van der Waals surface area contributed by atoms with E-state index in [1.807, 2.05) is 6.92 Å². The van der Waals surface area contributed by atoms with Crippen LogP contribution in [0.2, 0.25) is 5.15 Å². The molecule has 6 nitrogen and oxygen atoms in total. The third kappa shape index (κ3) is 3.35. The number of hydrogen-bond donors (Lipinski definition) is 1. The number of nitro benzene ring substituents is 1. The number of aromatic nitrogens is 1. The minimum absolute atomic E-state index is 0.140. The van der Waals surface area contributed by atoms with E-state index in [2.05, 4.69) is 10.3 Å². The highest BCUT2D eigenvalue weighted by atomic mass is 35.5. The molecule has 0 atom stereocenters. The molecule has 0 radical (unpaired) electrons. The highest BCUT2D eigenvalue weighted by Gasteiger charge is 2.16. The average molecular weight is 306 g/mol. The summed E-state index contributed by atoms with van der Waals surface area (Å²) < 4.78 is 0. The van der Waals surface area contributed by atoms with Crippen LogP contribution in [-0.4, -0.2) is 15.8 Å². The molecule has 0 bridgehead atoms. The van der Waals surface area contributed by atoms with Crippen LogP contribution in [0.3, 0.4) is 0 Å². The lowest BCUT2D eigenvalue weighted by atomic mass is 10.1. The highest BCUT2D eigenvalue weighted by molar-refractivity contribution is 6.32. The molecule has 0 saturated carbocycles. The predicted molar refractivity (Wildman–Crippen MR) is 79.8 cm³/mol. The second-order valence-corrected chi connectivity index (χ2v) is 4.92. The number of benzene rings is 1. The van der Waals surface area contributed by atoms with Gasteiger partial charge in [0, 0.05) is 23.9 Å². The number of amides is 1. The molecular weight excluding hydrogens is 294 g/mol. The Morgan fingerprint density at radius 3 is 2.71 bits per heavy atom. The first-order valence-corrected chi connectivity index (χ1v) is 6.45. The second-order valence-electron chi connectivity index (χ2n) is 4.56. The van der Waals surface area contributed by atoms with Gasteiger partial charge in [-0.15, -0.1) is 0 Å². The van der Waals surface area contributed by atoms with Crippen LogP contribution in [0.25, 0.3) is 0 Å². The van der Waals surface area contributed by atoms with Gasteiger partial charge in [-0.2, -0.15) is 0 Å². The molecule has 0 aliphatic heterocycles. The van der Waals surface area contributed by atoms with Crippen molar-refractivity contribution in [3.8, 4) is 0 Å². The van der Waals surface area contributed by atoms with Crippen LogP contribution in [0.1, 0.15) is 21.5 Å². The number of non-ortho nitro benzene ring substituents is 1.